The number of aromatic nitrogens is 3. The Bertz CT molecular complexity index is 1260. The smallest absolute Gasteiger partial charge is 0.343 e. The van der Waals surface area contributed by atoms with E-state index in [0.29, 0.717) is 23.0 Å². The predicted octanol–water partition coefficient (Wildman–Crippen LogP) is 4.28. The van der Waals surface area contributed by atoms with Gasteiger partial charge in [0.25, 0.3) is 0 Å². The molecule has 1 aromatic carbocycles. The van der Waals surface area contributed by atoms with Crippen LogP contribution in [-0.4, -0.2) is 27.1 Å². The number of carbonyl (C=O) groups is 1. The third-order valence-corrected chi connectivity index (χ3v) is 5.34. The Labute approximate surface area is 180 Å². The Morgan fingerprint density at radius 2 is 2.10 bits per heavy atom. The van der Waals surface area contributed by atoms with E-state index < -0.39 is 11.4 Å². The molecule has 30 heavy (non-hydrogen) atoms. The molecule has 0 spiro atoms. The van der Waals surface area contributed by atoms with Crippen LogP contribution in [0.15, 0.2) is 59.0 Å². The lowest BCUT2D eigenvalue weighted by Gasteiger charge is -2.14. The summed E-state index contributed by atoms with van der Waals surface area (Å²) < 4.78 is 6.68. The van der Waals surface area contributed by atoms with Gasteiger partial charge in [-0.25, -0.2) is 14.8 Å². The van der Waals surface area contributed by atoms with Gasteiger partial charge in [-0.05, 0) is 18.6 Å². The zero-order chi connectivity index (χ0) is 21.1. The number of ether oxygens (including phenoxy) is 1. The van der Waals surface area contributed by atoms with E-state index in [4.69, 9.17) is 16.3 Å². The summed E-state index contributed by atoms with van der Waals surface area (Å²) >= 11 is 7.61. The summed E-state index contributed by atoms with van der Waals surface area (Å²) in [6, 6.07) is 11.3. The van der Waals surface area contributed by atoms with Crippen LogP contribution in [0.2, 0.25) is 5.15 Å². The Morgan fingerprint density at radius 1 is 1.30 bits per heavy atom. The molecule has 0 atom stereocenters. The number of nitrogens with zero attached hydrogens (tertiary/aromatic N) is 3. The number of halogens is 1. The van der Waals surface area contributed by atoms with Crippen molar-refractivity contribution in [3.05, 3.63) is 80.7 Å². The van der Waals surface area contributed by atoms with E-state index in [0.717, 1.165) is 5.56 Å². The Morgan fingerprint density at radius 3 is 2.80 bits per heavy atom. The Kier molecular flexibility index (Phi) is 5.78. The first kappa shape index (κ1) is 20.1. The summed E-state index contributed by atoms with van der Waals surface area (Å²) in [6.45, 7) is 2.31. The number of carbonyl (C=O) groups excluding carboxylic acids is 1. The third-order valence-electron chi connectivity index (χ3n) is 4.37. The summed E-state index contributed by atoms with van der Waals surface area (Å²) in [6.07, 6.45) is 3.04. The highest BCUT2D eigenvalue weighted by Gasteiger charge is 2.21. The van der Waals surface area contributed by atoms with Gasteiger partial charge in [-0.15, -0.1) is 11.3 Å². The van der Waals surface area contributed by atoms with Crippen molar-refractivity contribution >= 4 is 45.6 Å². The fourth-order valence-electron chi connectivity index (χ4n) is 3.05. The van der Waals surface area contributed by atoms with Gasteiger partial charge in [0.05, 0.1) is 17.7 Å². The van der Waals surface area contributed by atoms with Crippen LogP contribution < -0.4 is 10.7 Å². The largest absolute Gasteiger partial charge is 0.462 e. The van der Waals surface area contributed by atoms with E-state index in [-0.39, 0.29) is 22.7 Å². The van der Waals surface area contributed by atoms with Crippen LogP contribution in [0.25, 0.3) is 16.2 Å². The summed E-state index contributed by atoms with van der Waals surface area (Å²) in [5.41, 5.74) is 1.25. The number of hydrogen-bond donors (Lipinski definition) is 1. The van der Waals surface area contributed by atoms with Gasteiger partial charge >= 0.3 is 5.97 Å². The van der Waals surface area contributed by atoms with Crippen LogP contribution in [0, 0.1) is 0 Å². The van der Waals surface area contributed by atoms with E-state index in [1.807, 2.05) is 30.3 Å². The topological polar surface area (TPSA) is 86.1 Å². The van der Waals surface area contributed by atoms with Crippen LogP contribution in [0.3, 0.4) is 0 Å². The number of fused-ring (bicyclic) bond motifs is 1. The number of hydrogen-bond acceptors (Lipinski definition) is 7. The number of thiazole rings is 1. The molecule has 1 N–H and O–H groups in total. The van der Waals surface area contributed by atoms with Crippen molar-refractivity contribution in [3.63, 3.8) is 0 Å². The normalized spacial score (nSPS) is 10.9. The van der Waals surface area contributed by atoms with Crippen LogP contribution >= 0.6 is 22.9 Å². The maximum absolute atomic E-state index is 13.3. The van der Waals surface area contributed by atoms with Gasteiger partial charge in [0.2, 0.25) is 5.43 Å². The Hall–Kier alpha value is -3.23. The third kappa shape index (κ3) is 3.92. The van der Waals surface area contributed by atoms with Crippen molar-refractivity contribution in [2.45, 2.75) is 13.5 Å². The van der Waals surface area contributed by atoms with Gasteiger partial charge in [-0.2, -0.15) is 0 Å². The summed E-state index contributed by atoms with van der Waals surface area (Å²) in [7, 11) is 0. The number of pyridine rings is 2. The lowest BCUT2D eigenvalue weighted by Crippen LogP contribution is -2.22. The van der Waals surface area contributed by atoms with E-state index in [1.54, 1.807) is 29.1 Å². The van der Waals surface area contributed by atoms with Gasteiger partial charge < -0.3 is 10.1 Å². The van der Waals surface area contributed by atoms with Crippen molar-refractivity contribution in [1.82, 2.24) is 14.5 Å². The molecule has 0 aliphatic rings. The number of rotatable bonds is 6. The molecular weight excluding hydrogens is 424 g/mol. The zero-order valence-corrected chi connectivity index (χ0v) is 17.5. The van der Waals surface area contributed by atoms with Crippen LogP contribution in [-0.2, 0) is 11.3 Å². The summed E-state index contributed by atoms with van der Waals surface area (Å²) in [4.78, 5) is 34.4. The molecule has 0 radical (unpaired) electrons. The van der Waals surface area contributed by atoms with Crippen molar-refractivity contribution < 1.29 is 9.53 Å². The molecule has 0 aliphatic carbocycles. The second-order valence-electron chi connectivity index (χ2n) is 6.31. The summed E-state index contributed by atoms with van der Waals surface area (Å²) in [5.74, 6) is -0.696. The van der Waals surface area contributed by atoms with E-state index in [1.165, 1.54) is 17.5 Å². The quantitative estimate of drug-likeness (QED) is 0.355. The summed E-state index contributed by atoms with van der Waals surface area (Å²) in [5, 5.41) is 6.05. The molecule has 3 aromatic heterocycles. The molecule has 0 bridgehead atoms. The van der Waals surface area contributed by atoms with E-state index in [2.05, 4.69) is 15.3 Å². The van der Waals surface area contributed by atoms with Crippen molar-refractivity contribution in [3.8, 4) is 5.13 Å². The van der Waals surface area contributed by atoms with Gasteiger partial charge in [0.15, 0.2) is 10.8 Å². The SMILES string of the molecule is CCOC(=O)c1cn(-c2nccs2)c2nc(Cl)cc(NCc3ccccc3)c2c1=O. The lowest BCUT2D eigenvalue weighted by molar-refractivity contribution is 0.0524. The van der Waals surface area contributed by atoms with Crippen LogP contribution in [0.4, 0.5) is 5.69 Å². The second kappa shape index (κ2) is 8.64. The van der Waals surface area contributed by atoms with Crippen molar-refractivity contribution in [2.24, 2.45) is 0 Å². The van der Waals surface area contributed by atoms with E-state index in [9.17, 15) is 9.59 Å². The minimum Gasteiger partial charge on any atom is -0.462 e. The maximum atomic E-state index is 13.3. The number of benzene rings is 1. The minimum atomic E-state index is -0.696. The minimum absolute atomic E-state index is 0.0913. The van der Waals surface area contributed by atoms with Crippen LogP contribution in [0.5, 0.6) is 0 Å². The molecule has 0 amide bonds. The lowest BCUT2D eigenvalue weighted by atomic mass is 10.1. The number of nitrogens with one attached hydrogen (secondary N) is 1. The highest BCUT2D eigenvalue weighted by atomic mass is 35.5. The fraction of sp³-hybridized carbons (Fsp3) is 0.143. The Balaban J connectivity index is 1.93. The predicted molar refractivity (Wildman–Crippen MR) is 118 cm³/mol. The van der Waals surface area contributed by atoms with E-state index >= 15 is 0 Å². The second-order valence-corrected chi connectivity index (χ2v) is 7.57. The van der Waals surface area contributed by atoms with Crippen molar-refractivity contribution in [1.29, 1.82) is 0 Å². The van der Waals surface area contributed by atoms with Crippen LogP contribution in [0.1, 0.15) is 22.8 Å². The molecule has 4 aromatic rings. The standard InChI is InChI=1S/C21H17ClN4O3S/c1-2-29-20(28)14-12-26(21-23-8-9-30-21)19-17(18(14)27)15(10-16(22)25-19)24-11-13-6-4-3-5-7-13/h3-10,12H,2,11H2,1H3,(H,24,25). The number of esters is 1. The average molecular weight is 441 g/mol. The van der Waals surface area contributed by atoms with Gasteiger partial charge in [-0.3, -0.25) is 9.36 Å². The first-order valence-corrected chi connectivity index (χ1v) is 10.4. The van der Waals surface area contributed by atoms with Gasteiger partial charge in [0, 0.05) is 24.3 Å². The maximum Gasteiger partial charge on any atom is 0.343 e. The molecule has 9 heteroatoms. The molecule has 0 saturated carbocycles. The average Bonchev–Trinajstić information content (AvgIpc) is 3.27. The molecule has 7 nitrogen and oxygen atoms in total. The molecule has 3 heterocycles. The van der Waals surface area contributed by atoms with Gasteiger partial charge in [0.1, 0.15) is 10.7 Å². The molecule has 0 saturated heterocycles. The highest BCUT2D eigenvalue weighted by molar-refractivity contribution is 7.12. The molecular formula is C21H17ClN4O3S. The monoisotopic (exact) mass is 440 g/mol. The zero-order valence-electron chi connectivity index (χ0n) is 16.0. The fourth-order valence-corrected chi connectivity index (χ4v) is 3.86. The highest BCUT2D eigenvalue weighted by Crippen LogP contribution is 2.27. The molecule has 152 valence electrons. The van der Waals surface area contributed by atoms with Crippen molar-refractivity contribution in [2.75, 3.05) is 11.9 Å². The number of anilines is 1. The molecule has 0 aliphatic heterocycles. The molecule has 0 unspecified atom stereocenters. The first-order chi connectivity index (χ1) is 14.6. The first-order valence-electron chi connectivity index (χ1n) is 9.19. The van der Waals surface area contributed by atoms with Gasteiger partial charge in [-0.1, -0.05) is 41.9 Å². The molecule has 0 fully saturated rings. The molecule has 4 rings (SSSR count).